The fraction of sp³-hybridized carbons (Fsp3) is 0.0172. The summed E-state index contributed by atoms with van der Waals surface area (Å²) in [6.07, 6.45) is 1.45. The van der Waals surface area contributed by atoms with Crippen LogP contribution in [0, 0.1) is 5.41 Å². The van der Waals surface area contributed by atoms with E-state index in [4.69, 9.17) is 129 Å². The number of hydrogen-bond donors (Lipinski definition) is 1. The molecule has 0 amide bonds. The summed E-state index contributed by atoms with van der Waals surface area (Å²) in [5.74, 6) is -0.527. The number of amidine groups is 1. The maximum Gasteiger partial charge on any atom is 0.236 e. The van der Waals surface area contributed by atoms with Gasteiger partial charge < -0.3 is 8.83 Å². The molecule has 28 radical (unpaired) electrons. The molecule has 326 valence electrons. The Hall–Kier alpha value is -7.70. The molecule has 20 heteroatoms. The molecule has 9 aromatic carbocycles. The van der Waals surface area contributed by atoms with E-state index in [1.54, 1.807) is 0 Å². The normalized spacial score (nSPS) is 13.5. The molecule has 12 aromatic rings. The van der Waals surface area contributed by atoms with E-state index in [2.05, 4.69) is 78.9 Å². The largest absolute Gasteiger partial charge is 0.457 e. The fourth-order valence-corrected chi connectivity index (χ4v) is 12.5. The van der Waals surface area contributed by atoms with Crippen molar-refractivity contribution in [3.05, 3.63) is 143 Å². The highest BCUT2D eigenvalue weighted by molar-refractivity contribution is 6.70. The number of furan rings is 2. The zero-order valence-corrected chi connectivity index (χ0v) is 41.2. The van der Waals surface area contributed by atoms with Gasteiger partial charge in [-0.1, -0.05) is 152 Å². The molecule has 0 aliphatic heterocycles. The van der Waals surface area contributed by atoms with E-state index in [9.17, 15) is 5.41 Å². The Kier molecular flexibility index (Phi) is 10.5. The first-order chi connectivity index (χ1) is 37.5. The molecule has 1 N–H and O–H groups in total. The molecule has 14 rings (SSSR count). The Bertz CT molecular complexity index is 4850. The maximum absolute atomic E-state index is 10.1. The SMILES string of the molecule is [B]c1c([B])c([B])c2c(oc3c([B])c([B])c(C(=N)N=C(/N=C/c4c([B])c([B])c([B])c5oc6c([B])c([B])c([B])c([B])c6c45)n4c5ccccc5c5ccc6c(c54)-c4ccccc4C64c5ccccc5-c5ccccc54)c([B])c32)c1[B]. The van der Waals surface area contributed by atoms with Gasteiger partial charge in [-0.3, -0.25) is 9.98 Å². The lowest BCUT2D eigenvalue weighted by Gasteiger charge is -2.30. The Morgan fingerprint density at radius 2 is 0.872 bits per heavy atom. The second-order valence-corrected chi connectivity index (χ2v) is 19.7. The number of hydrogen-bond acceptors (Lipinski definition) is 3. The van der Waals surface area contributed by atoms with Crippen molar-refractivity contribution < 1.29 is 8.83 Å². The number of benzene rings is 9. The minimum Gasteiger partial charge on any atom is -0.457 e. The summed E-state index contributed by atoms with van der Waals surface area (Å²) in [7, 11) is 92.8. The van der Waals surface area contributed by atoms with Crippen LogP contribution >= 0.6 is 0 Å². The van der Waals surface area contributed by atoms with Crippen LogP contribution in [0.2, 0.25) is 0 Å². The third-order valence-corrected chi connectivity index (χ3v) is 16.1. The van der Waals surface area contributed by atoms with Crippen molar-refractivity contribution in [2.24, 2.45) is 9.98 Å². The molecule has 0 saturated heterocycles. The minimum absolute atomic E-state index is 0.00767. The molecule has 0 fully saturated rings. The molecular weight excluding hydrogens is 936 g/mol. The zero-order chi connectivity index (χ0) is 54.3. The van der Waals surface area contributed by atoms with Gasteiger partial charge in [0.25, 0.3) is 0 Å². The fourth-order valence-electron chi connectivity index (χ4n) is 12.5. The van der Waals surface area contributed by atoms with Crippen LogP contribution < -0.4 is 76.5 Å². The molecule has 0 bridgehead atoms. The molecule has 3 heterocycles. The first-order valence-corrected chi connectivity index (χ1v) is 24.5. The van der Waals surface area contributed by atoms with Crippen LogP contribution in [0.25, 0.3) is 87.9 Å². The van der Waals surface area contributed by atoms with Gasteiger partial charge in [0.05, 0.1) is 16.4 Å². The van der Waals surface area contributed by atoms with Gasteiger partial charge in [0, 0.05) is 49.7 Å². The van der Waals surface area contributed by atoms with Gasteiger partial charge >= 0.3 is 0 Å². The molecule has 0 saturated carbocycles. The quantitative estimate of drug-likeness (QED) is 0.117. The van der Waals surface area contributed by atoms with Crippen LogP contribution in [0.1, 0.15) is 33.4 Å². The third kappa shape index (κ3) is 6.04. The van der Waals surface area contributed by atoms with Crippen LogP contribution in [0.3, 0.4) is 0 Å². The Balaban J connectivity index is 1.12. The maximum atomic E-state index is 10.1. The average Bonchev–Trinajstić information content (AvgIpc) is 4.28. The second-order valence-electron chi connectivity index (χ2n) is 19.7. The lowest BCUT2D eigenvalue weighted by molar-refractivity contribution is 0.674. The van der Waals surface area contributed by atoms with E-state index in [1.165, 1.54) is 6.21 Å². The topological polar surface area (TPSA) is 79.8 Å². The highest BCUT2D eigenvalue weighted by atomic mass is 16.3. The highest BCUT2D eigenvalue weighted by Gasteiger charge is 2.52. The van der Waals surface area contributed by atoms with Gasteiger partial charge in [0.1, 0.15) is 132 Å². The first-order valence-electron chi connectivity index (χ1n) is 24.5. The summed E-state index contributed by atoms with van der Waals surface area (Å²) in [5, 5.41) is 12.8. The second kappa shape index (κ2) is 16.9. The van der Waals surface area contributed by atoms with Gasteiger partial charge in [-0.05, 0) is 50.6 Å². The number of fused-ring (bicyclic) bond motifs is 20. The van der Waals surface area contributed by atoms with E-state index < -0.39 is 11.3 Å². The summed E-state index contributed by atoms with van der Waals surface area (Å²) >= 11 is 0. The van der Waals surface area contributed by atoms with Gasteiger partial charge in [-0.15, -0.1) is 27.3 Å². The van der Waals surface area contributed by atoms with Crippen molar-refractivity contribution >= 4 is 270 Å². The van der Waals surface area contributed by atoms with E-state index in [1.807, 2.05) is 34.9 Å². The van der Waals surface area contributed by atoms with Crippen molar-refractivity contribution in [1.29, 1.82) is 5.41 Å². The van der Waals surface area contributed by atoms with E-state index in [0.717, 1.165) is 60.8 Å². The molecule has 2 aliphatic rings. The van der Waals surface area contributed by atoms with Gasteiger partial charge in [-0.2, -0.15) is 4.99 Å². The summed E-state index contributed by atoms with van der Waals surface area (Å²) in [6.45, 7) is 0. The number of nitrogens with zero attached hydrogens (tertiary/aromatic N) is 3. The predicted molar refractivity (Wildman–Crippen MR) is 336 cm³/mol. The first kappa shape index (κ1) is 48.7. The van der Waals surface area contributed by atoms with Crippen LogP contribution in [-0.2, 0) is 5.41 Å². The van der Waals surface area contributed by atoms with Crippen molar-refractivity contribution in [2.45, 2.75) is 5.41 Å². The van der Waals surface area contributed by atoms with Crippen LogP contribution in [0.5, 0.6) is 0 Å². The Morgan fingerprint density at radius 1 is 0.423 bits per heavy atom. The summed E-state index contributed by atoms with van der Waals surface area (Å²) in [5.41, 5.74) is 9.64. The van der Waals surface area contributed by atoms with Gasteiger partial charge in [0.2, 0.25) is 5.96 Å². The van der Waals surface area contributed by atoms with Crippen LogP contribution in [-0.4, -0.2) is 132 Å². The lowest BCUT2D eigenvalue weighted by Crippen LogP contribution is -2.47. The van der Waals surface area contributed by atoms with E-state index in [0.29, 0.717) is 5.52 Å². The molecule has 78 heavy (non-hydrogen) atoms. The van der Waals surface area contributed by atoms with Crippen molar-refractivity contribution in [1.82, 2.24) is 4.57 Å². The van der Waals surface area contributed by atoms with Crippen LogP contribution in [0.15, 0.2) is 128 Å². The van der Waals surface area contributed by atoms with Gasteiger partial charge in [0.15, 0.2) is 5.84 Å². The molecule has 3 aromatic heterocycles. The predicted octanol–water partition coefficient (Wildman–Crippen LogP) is -2.60. The van der Waals surface area contributed by atoms with E-state index >= 15 is 0 Å². The zero-order valence-electron chi connectivity index (χ0n) is 41.2. The van der Waals surface area contributed by atoms with E-state index in [-0.39, 0.29) is 137 Å². The summed E-state index contributed by atoms with van der Waals surface area (Å²) < 4.78 is 14.4. The summed E-state index contributed by atoms with van der Waals surface area (Å²) in [4.78, 5) is 10.4. The number of rotatable bonds is 2. The number of aromatic nitrogens is 1. The number of aliphatic imine (C=N–C) groups is 2. The molecule has 0 atom stereocenters. The number of nitrogens with one attached hydrogen (secondary N) is 1. The van der Waals surface area contributed by atoms with Gasteiger partial charge in [-0.25, -0.2) is 4.99 Å². The third-order valence-electron chi connectivity index (χ3n) is 16.1. The minimum atomic E-state index is -0.735. The Labute approximate surface area is 466 Å². The smallest absolute Gasteiger partial charge is 0.236 e. The summed E-state index contributed by atoms with van der Waals surface area (Å²) in [6, 6.07) is 37.7. The van der Waals surface area contributed by atoms with Crippen molar-refractivity contribution in [2.75, 3.05) is 0 Å². The standard InChI is InChI=1S/C58H20B14N4O2/c59-37-25(32-33-39(61)43(65)45(67)49(71)53(33)77-52(32)48(70)42(37)64)19-74-57(75-56(73)36-38(60)34-35-40(62)44(66)46(68)50(72)55(35)78-54(34)47(69)41(36)63)76-30-16-8-4-11-22(30)23-17-18-29-31(51(23)76)24-12-3-7-15-28(24)58(29)26-13-5-1-9-20(26)21-10-2-6-14-27(21)58/h1-19,73H/b73-56?,74-19+,75-57?. The Morgan fingerprint density at radius 3 is 1.46 bits per heavy atom. The average molecular weight is 956 g/mol. The highest BCUT2D eigenvalue weighted by Crippen LogP contribution is 2.64. The molecule has 1 spiro atoms. The monoisotopic (exact) mass is 958 g/mol. The van der Waals surface area contributed by atoms with Crippen LogP contribution in [0.4, 0.5) is 0 Å². The molecular formula is C58H20B14N4O2. The van der Waals surface area contributed by atoms with Crippen molar-refractivity contribution in [3.63, 3.8) is 0 Å². The van der Waals surface area contributed by atoms with Crippen molar-refractivity contribution in [3.8, 4) is 22.3 Å². The number of para-hydroxylation sites is 1. The molecule has 2 aliphatic carbocycles. The lowest BCUT2D eigenvalue weighted by atomic mass is 9.64. The molecule has 0 unspecified atom stereocenters. The molecule has 6 nitrogen and oxygen atoms in total.